The van der Waals surface area contributed by atoms with E-state index < -0.39 is 0 Å². The van der Waals surface area contributed by atoms with E-state index in [1.807, 2.05) is 13.0 Å². The van der Waals surface area contributed by atoms with E-state index in [0.717, 1.165) is 10.0 Å². The number of aryl methyl sites for hydroxylation is 1. The minimum Gasteiger partial charge on any atom is -0.192 e. The molecular weight excluding hydrogens is 225 g/mol. The normalized spacial score (nSPS) is 9.27. The summed E-state index contributed by atoms with van der Waals surface area (Å²) >= 11 is 9.07. The van der Waals surface area contributed by atoms with Crippen molar-refractivity contribution in [1.82, 2.24) is 0 Å². The van der Waals surface area contributed by atoms with Gasteiger partial charge in [0.05, 0.1) is 10.6 Å². The van der Waals surface area contributed by atoms with Gasteiger partial charge in [0.25, 0.3) is 0 Å². The molecule has 1 aromatic carbocycles. The minimum atomic E-state index is 0.504. The zero-order valence-corrected chi connectivity index (χ0v) is 8.20. The summed E-state index contributed by atoms with van der Waals surface area (Å²) in [5.41, 5.74) is 1.54. The molecule has 0 radical (unpaired) electrons. The number of hydrogen-bond acceptors (Lipinski definition) is 1. The Labute approximate surface area is 78.7 Å². The first kappa shape index (κ1) is 8.58. The number of hydrogen-bond donors (Lipinski definition) is 0. The highest BCUT2D eigenvalue weighted by Gasteiger charge is 2.02. The van der Waals surface area contributed by atoms with Crippen LogP contribution >= 0.6 is 27.5 Å². The molecule has 0 saturated carbocycles. The lowest BCUT2D eigenvalue weighted by atomic mass is 10.2. The molecule has 0 aliphatic heterocycles. The molecule has 0 N–H and O–H groups in total. The second kappa shape index (κ2) is 3.25. The molecule has 11 heavy (non-hydrogen) atoms. The average Bonchev–Trinajstić information content (AvgIpc) is 1.97. The van der Waals surface area contributed by atoms with Gasteiger partial charge in [0, 0.05) is 4.47 Å². The van der Waals surface area contributed by atoms with E-state index in [2.05, 4.69) is 15.9 Å². The van der Waals surface area contributed by atoms with E-state index >= 15 is 0 Å². The van der Waals surface area contributed by atoms with Crippen molar-refractivity contribution in [3.8, 4) is 6.07 Å². The Morgan fingerprint density at radius 1 is 1.55 bits per heavy atom. The largest absolute Gasteiger partial charge is 0.192 e. The quantitative estimate of drug-likeness (QED) is 0.671. The molecule has 1 nitrogen and oxygen atoms in total. The highest BCUT2D eigenvalue weighted by Crippen LogP contribution is 2.24. The summed E-state index contributed by atoms with van der Waals surface area (Å²) in [5.74, 6) is 0. The standard InChI is InChI=1S/C8H5BrClN/c1-5-2-8(10)6(4-11)3-7(5)9/h2-3H,1H3. The molecule has 1 aromatic rings. The van der Waals surface area contributed by atoms with Crippen molar-refractivity contribution in [2.24, 2.45) is 0 Å². The maximum absolute atomic E-state index is 8.58. The topological polar surface area (TPSA) is 23.8 Å². The smallest absolute Gasteiger partial charge is 0.101 e. The SMILES string of the molecule is Cc1cc(Cl)c(C#N)cc1Br. The van der Waals surface area contributed by atoms with Crippen LogP contribution in [0.3, 0.4) is 0 Å². The molecule has 0 fully saturated rings. The van der Waals surface area contributed by atoms with Gasteiger partial charge in [-0.05, 0) is 24.6 Å². The number of halogens is 2. The van der Waals surface area contributed by atoms with E-state index in [0.29, 0.717) is 10.6 Å². The summed E-state index contributed by atoms with van der Waals surface area (Å²) in [6.45, 7) is 1.93. The van der Waals surface area contributed by atoms with Gasteiger partial charge in [-0.1, -0.05) is 27.5 Å². The van der Waals surface area contributed by atoms with Crippen LogP contribution in [0.1, 0.15) is 11.1 Å². The second-order valence-electron chi connectivity index (χ2n) is 2.19. The molecule has 0 aliphatic carbocycles. The highest BCUT2D eigenvalue weighted by atomic mass is 79.9. The minimum absolute atomic E-state index is 0.504. The fraction of sp³-hybridized carbons (Fsp3) is 0.125. The summed E-state index contributed by atoms with van der Waals surface area (Å²) in [6, 6.07) is 5.49. The van der Waals surface area contributed by atoms with Crippen LogP contribution in [0.5, 0.6) is 0 Å². The van der Waals surface area contributed by atoms with Crippen LogP contribution in [0.25, 0.3) is 0 Å². The van der Waals surface area contributed by atoms with Gasteiger partial charge < -0.3 is 0 Å². The van der Waals surface area contributed by atoms with Gasteiger partial charge in [0.1, 0.15) is 6.07 Å². The van der Waals surface area contributed by atoms with Crippen molar-refractivity contribution in [3.05, 3.63) is 32.8 Å². The van der Waals surface area contributed by atoms with Crippen LogP contribution in [-0.4, -0.2) is 0 Å². The van der Waals surface area contributed by atoms with Crippen LogP contribution in [0.15, 0.2) is 16.6 Å². The summed E-state index contributed by atoms with van der Waals surface area (Å²) < 4.78 is 0.915. The maximum atomic E-state index is 8.58. The van der Waals surface area contributed by atoms with Gasteiger partial charge in [0.2, 0.25) is 0 Å². The molecule has 0 saturated heterocycles. The maximum Gasteiger partial charge on any atom is 0.101 e. The number of nitrogens with zero attached hydrogens (tertiary/aromatic N) is 1. The third-order valence-corrected chi connectivity index (χ3v) is 2.54. The van der Waals surface area contributed by atoms with Gasteiger partial charge >= 0.3 is 0 Å². The lowest BCUT2D eigenvalue weighted by molar-refractivity contribution is 1.40. The number of rotatable bonds is 0. The average molecular weight is 230 g/mol. The number of benzene rings is 1. The Hall–Kier alpha value is -0.520. The second-order valence-corrected chi connectivity index (χ2v) is 3.45. The Kier molecular flexibility index (Phi) is 2.53. The molecule has 0 heterocycles. The van der Waals surface area contributed by atoms with Crippen molar-refractivity contribution >= 4 is 27.5 Å². The van der Waals surface area contributed by atoms with Gasteiger partial charge in [-0.2, -0.15) is 5.26 Å². The fourth-order valence-corrected chi connectivity index (χ4v) is 1.34. The zero-order chi connectivity index (χ0) is 8.43. The van der Waals surface area contributed by atoms with Crippen LogP contribution in [0, 0.1) is 18.3 Å². The van der Waals surface area contributed by atoms with Crippen molar-refractivity contribution in [1.29, 1.82) is 5.26 Å². The predicted molar refractivity (Wildman–Crippen MR) is 48.6 cm³/mol. The van der Waals surface area contributed by atoms with E-state index in [1.165, 1.54) is 0 Å². The van der Waals surface area contributed by atoms with Crippen molar-refractivity contribution in [2.75, 3.05) is 0 Å². The number of nitriles is 1. The lowest BCUT2D eigenvalue weighted by Gasteiger charge is -1.99. The first-order valence-corrected chi connectivity index (χ1v) is 4.18. The van der Waals surface area contributed by atoms with Crippen LogP contribution in [-0.2, 0) is 0 Å². The Balaban J connectivity index is 3.35. The molecule has 1 rings (SSSR count). The Morgan fingerprint density at radius 2 is 2.18 bits per heavy atom. The molecule has 56 valence electrons. The van der Waals surface area contributed by atoms with Gasteiger partial charge in [-0.25, -0.2) is 0 Å². The molecule has 0 aromatic heterocycles. The highest BCUT2D eigenvalue weighted by molar-refractivity contribution is 9.10. The Morgan fingerprint density at radius 3 is 2.73 bits per heavy atom. The van der Waals surface area contributed by atoms with E-state index in [-0.39, 0.29) is 0 Å². The van der Waals surface area contributed by atoms with Gasteiger partial charge in [-0.3, -0.25) is 0 Å². The molecule has 0 aliphatic rings. The summed E-state index contributed by atoms with van der Waals surface area (Å²) in [6.07, 6.45) is 0. The molecule has 3 heteroatoms. The zero-order valence-electron chi connectivity index (χ0n) is 5.86. The lowest BCUT2D eigenvalue weighted by Crippen LogP contribution is -1.80. The molecule has 0 bridgehead atoms. The van der Waals surface area contributed by atoms with E-state index in [9.17, 15) is 0 Å². The third kappa shape index (κ3) is 1.74. The van der Waals surface area contributed by atoms with E-state index in [1.54, 1.807) is 12.1 Å². The summed E-state index contributed by atoms with van der Waals surface area (Å²) in [7, 11) is 0. The van der Waals surface area contributed by atoms with Gasteiger partial charge in [0.15, 0.2) is 0 Å². The van der Waals surface area contributed by atoms with Crippen molar-refractivity contribution in [3.63, 3.8) is 0 Å². The molecule has 0 spiro atoms. The van der Waals surface area contributed by atoms with Crippen LogP contribution in [0.4, 0.5) is 0 Å². The summed E-state index contributed by atoms with van der Waals surface area (Å²) in [5, 5.41) is 9.09. The first-order chi connectivity index (χ1) is 5.15. The predicted octanol–water partition coefficient (Wildman–Crippen LogP) is 3.28. The summed E-state index contributed by atoms with van der Waals surface area (Å²) in [4.78, 5) is 0. The monoisotopic (exact) mass is 229 g/mol. The third-order valence-electron chi connectivity index (χ3n) is 1.37. The molecule has 0 amide bonds. The van der Waals surface area contributed by atoms with Crippen LogP contribution in [0.2, 0.25) is 5.02 Å². The van der Waals surface area contributed by atoms with Crippen molar-refractivity contribution in [2.45, 2.75) is 6.92 Å². The molecule has 0 unspecified atom stereocenters. The van der Waals surface area contributed by atoms with Crippen molar-refractivity contribution < 1.29 is 0 Å². The molecular formula is C8H5BrClN. The van der Waals surface area contributed by atoms with E-state index in [4.69, 9.17) is 16.9 Å². The molecule has 0 atom stereocenters. The van der Waals surface area contributed by atoms with Gasteiger partial charge in [-0.15, -0.1) is 0 Å². The first-order valence-electron chi connectivity index (χ1n) is 3.01. The fourth-order valence-electron chi connectivity index (χ4n) is 0.732. The Bertz CT molecular complexity index is 328. The van der Waals surface area contributed by atoms with Crippen LogP contribution < -0.4 is 0 Å².